The average molecular weight is 433 g/mol. The summed E-state index contributed by atoms with van der Waals surface area (Å²) in [7, 11) is -2.27. The van der Waals surface area contributed by atoms with Gasteiger partial charge in [0.05, 0.1) is 25.0 Å². The van der Waals surface area contributed by atoms with Crippen LogP contribution >= 0.6 is 15.9 Å². The zero-order valence-electron chi connectivity index (χ0n) is 14.1. The number of anilines is 1. The molecule has 9 heteroatoms. The molecule has 0 atom stereocenters. The van der Waals surface area contributed by atoms with Crippen LogP contribution in [-0.4, -0.2) is 58.2 Å². The Kier molecular flexibility index (Phi) is 6.45. The van der Waals surface area contributed by atoms with Gasteiger partial charge in [0.2, 0.25) is 15.9 Å². The van der Waals surface area contributed by atoms with Gasteiger partial charge in [0, 0.05) is 17.6 Å². The van der Waals surface area contributed by atoms with E-state index in [4.69, 9.17) is 4.74 Å². The number of nitrogens with zero attached hydrogens (tertiary/aromatic N) is 2. The summed E-state index contributed by atoms with van der Waals surface area (Å²) < 4.78 is 30.7. The van der Waals surface area contributed by atoms with Crippen molar-refractivity contribution in [2.45, 2.75) is 12.8 Å². The number of amides is 1. The van der Waals surface area contributed by atoms with Gasteiger partial charge >= 0.3 is 5.97 Å². The van der Waals surface area contributed by atoms with Gasteiger partial charge < -0.3 is 9.64 Å². The number of sulfonamides is 1. The fraction of sp³-hybridized carbons (Fsp3) is 0.500. The van der Waals surface area contributed by atoms with E-state index < -0.39 is 10.0 Å². The molecule has 0 aromatic heterocycles. The molecule has 25 heavy (non-hydrogen) atoms. The van der Waals surface area contributed by atoms with Crippen molar-refractivity contribution in [2.75, 3.05) is 37.3 Å². The predicted octanol–water partition coefficient (Wildman–Crippen LogP) is 1.63. The summed E-state index contributed by atoms with van der Waals surface area (Å²) >= 11 is 3.32. The van der Waals surface area contributed by atoms with Crippen LogP contribution in [0.4, 0.5) is 5.69 Å². The Bertz CT molecular complexity index is 745. The molecule has 1 saturated heterocycles. The summed E-state index contributed by atoms with van der Waals surface area (Å²) in [5.41, 5.74) is 0.419. The maximum Gasteiger partial charge on any atom is 0.308 e. The highest BCUT2D eigenvalue weighted by molar-refractivity contribution is 9.10. The topological polar surface area (TPSA) is 84.0 Å². The van der Waals surface area contributed by atoms with Crippen LogP contribution in [-0.2, 0) is 24.3 Å². The van der Waals surface area contributed by atoms with Crippen molar-refractivity contribution < 1.29 is 22.7 Å². The number of hydrogen-bond acceptors (Lipinski definition) is 5. The molecule has 0 radical (unpaired) electrons. The van der Waals surface area contributed by atoms with Gasteiger partial charge in [-0.15, -0.1) is 0 Å². The lowest BCUT2D eigenvalue weighted by atomic mass is 9.97. The number of esters is 1. The first-order valence-corrected chi connectivity index (χ1v) is 10.5. The van der Waals surface area contributed by atoms with E-state index in [1.165, 1.54) is 7.11 Å². The van der Waals surface area contributed by atoms with Crippen molar-refractivity contribution >= 4 is 43.5 Å². The zero-order chi connectivity index (χ0) is 18.6. The number of methoxy groups -OCH3 is 1. The summed E-state index contributed by atoms with van der Waals surface area (Å²) in [6.45, 7) is 0.544. The standard InChI is InChI=1S/C16H21BrN2O5S/c1-24-16(21)12-7-9-18(10-8-12)15(20)11-19(25(2,22)23)14-6-4-3-5-13(14)17/h3-6,12H,7-11H2,1-2H3. The Morgan fingerprint density at radius 3 is 2.40 bits per heavy atom. The Hall–Kier alpha value is -1.61. The Morgan fingerprint density at radius 1 is 1.28 bits per heavy atom. The highest BCUT2D eigenvalue weighted by Crippen LogP contribution is 2.28. The van der Waals surface area contributed by atoms with Crippen molar-refractivity contribution in [1.82, 2.24) is 4.90 Å². The maximum absolute atomic E-state index is 12.6. The Morgan fingerprint density at radius 2 is 1.88 bits per heavy atom. The molecule has 0 spiro atoms. The Balaban J connectivity index is 2.09. The van der Waals surface area contributed by atoms with Crippen LogP contribution in [0.3, 0.4) is 0 Å². The number of likely N-dealkylation sites (tertiary alicyclic amines) is 1. The lowest BCUT2D eigenvalue weighted by Crippen LogP contribution is -2.46. The first-order valence-electron chi connectivity index (χ1n) is 7.82. The largest absolute Gasteiger partial charge is 0.469 e. The number of para-hydroxylation sites is 1. The molecule has 7 nitrogen and oxygen atoms in total. The maximum atomic E-state index is 12.6. The first-order chi connectivity index (χ1) is 11.7. The third-order valence-electron chi connectivity index (χ3n) is 4.18. The summed E-state index contributed by atoms with van der Waals surface area (Å²) in [6, 6.07) is 6.85. The molecule has 1 fully saturated rings. The number of carbonyl (C=O) groups is 2. The van der Waals surface area contributed by atoms with Crippen LogP contribution < -0.4 is 4.31 Å². The second-order valence-corrected chi connectivity index (χ2v) is 8.66. The van der Waals surface area contributed by atoms with E-state index in [0.717, 1.165) is 10.6 Å². The van der Waals surface area contributed by atoms with Crippen LogP contribution in [0.25, 0.3) is 0 Å². The molecular formula is C16H21BrN2O5S. The van der Waals surface area contributed by atoms with E-state index in [1.54, 1.807) is 29.2 Å². The smallest absolute Gasteiger partial charge is 0.308 e. The average Bonchev–Trinajstić information content (AvgIpc) is 2.58. The summed E-state index contributed by atoms with van der Waals surface area (Å²) in [4.78, 5) is 25.7. The molecule has 0 N–H and O–H groups in total. The number of rotatable bonds is 5. The summed E-state index contributed by atoms with van der Waals surface area (Å²) in [5, 5.41) is 0. The zero-order valence-corrected chi connectivity index (χ0v) is 16.5. The second-order valence-electron chi connectivity index (χ2n) is 5.90. The molecule has 0 unspecified atom stereocenters. The molecule has 1 aromatic carbocycles. The van der Waals surface area contributed by atoms with Crippen molar-refractivity contribution in [1.29, 1.82) is 0 Å². The van der Waals surface area contributed by atoms with Crippen molar-refractivity contribution in [3.8, 4) is 0 Å². The molecule has 138 valence electrons. The number of hydrogen-bond donors (Lipinski definition) is 0. The van der Waals surface area contributed by atoms with Crippen LogP contribution in [0.5, 0.6) is 0 Å². The lowest BCUT2D eigenvalue weighted by molar-refractivity contribution is -0.148. The highest BCUT2D eigenvalue weighted by atomic mass is 79.9. The van der Waals surface area contributed by atoms with Gasteiger partial charge in [-0.1, -0.05) is 12.1 Å². The number of piperidine rings is 1. The van der Waals surface area contributed by atoms with E-state index in [-0.39, 0.29) is 24.3 Å². The van der Waals surface area contributed by atoms with Gasteiger partial charge in [0.15, 0.2) is 0 Å². The van der Waals surface area contributed by atoms with E-state index in [2.05, 4.69) is 15.9 Å². The highest BCUT2D eigenvalue weighted by Gasteiger charge is 2.30. The van der Waals surface area contributed by atoms with Crippen molar-refractivity contribution in [3.63, 3.8) is 0 Å². The van der Waals surface area contributed by atoms with Crippen LogP contribution in [0.1, 0.15) is 12.8 Å². The van der Waals surface area contributed by atoms with E-state index in [9.17, 15) is 18.0 Å². The molecule has 1 aromatic rings. The number of halogens is 1. The van der Waals surface area contributed by atoms with E-state index in [1.807, 2.05) is 0 Å². The van der Waals surface area contributed by atoms with Crippen molar-refractivity contribution in [2.24, 2.45) is 5.92 Å². The summed E-state index contributed by atoms with van der Waals surface area (Å²) in [5.74, 6) is -0.758. The second kappa shape index (κ2) is 8.18. The minimum absolute atomic E-state index is 0.205. The van der Waals surface area contributed by atoms with Gasteiger partial charge in [-0.25, -0.2) is 8.42 Å². The van der Waals surface area contributed by atoms with Gasteiger partial charge in [-0.05, 0) is 40.9 Å². The SMILES string of the molecule is COC(=O)C1CCN(C(=O)CN(c2ccccc2Br)S(C)(=O)=O)CC1. The predicted molar refractivity (Wildman–Crippen MR) is 97.7 cm³/mol. The molecule has 1 heterocycles. The van der Waals surface area contributed by atoms with Crippen LogP contribution in [0.15, 0.2) is 28.7 Å². The van der Waals surface area contributed by atoms with E-state index >= 15 is 0 Å². The number of ether oxygens (including phenoxy) is 1. The van der Waals surface area contributed by atoms with Crippen LogP contribution in [0, 0.1) is 5.92 Å². The minimum Gasteiger partial charge on any atom is -0.469 e. The quantitative estimate of drug-likeness (QED) is 0.660. The van der Waals surface area contributed by atoms with Gasteiger partial charge in [-0.3, -0.25) is 13.9 Å². The number of benzene rings is 1. The van der Waals surface area contributed by atoms with Crippen molar-refractivity contribution in [3.05, 3.63) is 28.7 Å². The van der Waals surface area contributed by atoms with Gasteiger partial charge in [0.1, 0.15) is 6.54 Å². The van der Waals surface area contributed by atoms with Gasteiger partial charge in [0.25, 0.3) is 0 Å². The third kappa shape index (κ3) is 4.94. The molecule has 1 amide bonds. The number of carbonyl (C=O) groups excluding carboxylic acids is 2. The molecule has 0 bridgehead atoms. The van der Waals surface area contributed by atoms with E-state index in [0.29, 0.717) is 36.1 Å². The molecule has 0 saturated carbocycles. The first kappa shape index (κ1) is 19.7. The molecule has 2 rings (SSSR count). The lowest BCUT2D eigenvalue weighted by Gasteiger charge is -2.32. The molecule has 0 aliphatic carbocycles. The minimum atomic E-state index is -3.62. The third-order valence-corrected chi connectivity index (χ3v) is 5.98. The fourth-order valence-electron chi connectivity index (χ4n) is 2.79. The fourth-order valence-corrected chi connectivity index (χ4v) is 4.27. The molecule has 1 aliphatic rings. The molecular weight excluding hydrogens is 412 g/mol. The Labute approximate surface area is 156 Å². The normalized spacial score (nSPS) is 15.7. The monoisotopic (exact) mass is 432 g/mol. The molecule has 1 aliphatic heterocycles. The summed E-state index contributed by atoms with van der Waals surface area (Å²) in [6.07, 6.45) is 2.11. The van der Waals surface area contributed by atoms with Gasteiger partial charge in [-0.2, -0.15) is 0 Å². The van der Waals surface area contributed by atoms with Crippen LogP contribution in [0.2, 0.25) is 0 Å².